The highest BCUT2D eigenvalue weighted by molar-refractivity contribution is 7.99. The molecule has 0 saturated heterocycles. The van der Waals surface area contributed by atoms with Gasteiger partial charge in [-0.05, 0) is 30.7 Å². The van der Waals surface area contributed by atoms with Crippen LogP contribution in [0.1, 0.15) is 12.5 Å². The lowest BCUT2D eigenvalue weighted by Gasteiger charge is -2.14. The summed E-state index contributed by atoms with van der Waals surface area (Å²) in [5.74, 6) is -0.262. The number of hydrogen-bond acceptors (Lipinski definition) is 6. The molecule has 1 amide bonds. The van der Waals surface area contributed by atoms with E-state index in [1.54, 1.807) is 38.3 Å². The van der Waals surface area contributed by atoms with Crippen molar-refractivity contribution < 1.29 is 14.6 Å². The van der Waals surface area contributed by atoms with Crippen LogP contribution >= 0.6 is 11.8 Å². The van der Waals surface area contributed by atoms with Crippen molar-refractivity contribution in [1.82, 2.24) is 9.55 Å². The van der Waals surface area contributed by atoms with E-state index in [1.165, 1.54) is 4.57 Å². The zero-order chi connectivity index (χ0) is 17.0. The number of primary amides is 1. The maximum Gasteiger partial charge on any atom is 0.265 e. The molecule has 0 unspecified atom stereocenters. The number of rotatable bonds is 6. The summed E-state index contributed by atoms with van der Waals surface area (Å²) in [4.78, 5) is 27.7. The lowest BCUT2D eigenvalue weighted by atomic mass is 10.2. The molecule has 2 aromatic rings. The molecule has 0 bridgehead atoms. The number of thioether (sulfide) groups is 1. The average molecular weight is 335 g/mol. The van der Waals surface area contributed by atoms with Crippen LogP contribution in [0.25, 0.3) is 5.69 Å². The monoisotopic (exact) mass is 335 g/mol. The van der Waals surface area contributed by atoms with Gasteiger partial charge in [-0.3, -0.25) is 14.2 Å². The van der Waals surface area contributed by atoms with E-state index in [1.807, 2.05) is 0 Å². The van der Waals surface area contributed by atoms with Crippen molar-refractivity contribution in [3.05, 3.63) is 40.2 Å². The molecule has 0 atom stereocenters. The summed E-state index contributed by atoms with van der Waals surface area (Å²) in [6.45, 7) is 1.76. The number of nitrogens with zero attached hydrogens (tertiary/aromatic N) is 2. The zero-order valence-corrected chi connectivity index (χ0v) is 13.6. The van der Waals surface area contributed by atoms with Gasteiger partial charge in [0.15, 0.2) is 5.16 Å². The van der Waals surface area contributed by atoms with Crippen LogP contribution in [0.15, 0.2) is 34.2 Å². The smallest absolute Gasteiger partial charge is 0.265 e. The van der Waals surface area contributed by atoms with Gasteiger partial charge < -0.3 is 15.6 Å². The quantitative estimate of drug-likeness (QED) is 0.604. The summed E-state index contributed by atoms with van der Waals surface area (Å²) in [5.41, 5.74) is 5.54. The molecule has 0 radical (unpaired) electrons. The largest absolute Gasteiger partial charge is 0.497 e. The van der Waals surface area contributed by atoms with Crippen LogP contribution in [0.3, 0.4) is 0 Å². The average Bonchev–Trinajstić information content (AvgIpc) is 2.53. The zero-order valence-electron chi connectivity index (χ0n) is 12.8. The molecule has 0 aliphatic carbocycles. The fourth-order valence-electron chi connectivity index (χ4n) is 2.03. The Morgan fingerprint density at radius 2 is 2.04 bits per heavy atom. The second kappa shape index (κ2) is 7.19. The SMILES string of the molecule is CCc1c(O)nc(SCC(N)=O)n(-c2ccc(OC)cc2)c1=O. The van der Waals surface area contributed by atoms with E-state index in [4.69, 9.17) is 10.5 Å². The molecule has 0 aliphatic heterocycles. The maximum atomic E-state index is 12.6. The van der Waals surface area contributed by atoms with E-state index in [2.05, 4.69) is 4.98 Å². The van der Waals surface area contributed by atoms with Crippen LogP contribution in [0.4, 0.5) is 0 Å². The van der Waals surface area contributed by atoms with Gasteiger partial charge in [-0.2, -0.15) is 4.98 Å². The summed E-state index contributed by atoms with van der Waals surface area (Å²) in [6, 6.07) is 6.82. The Hall–Kier alpha value is -2.48. The third kappa shape index (κ3) is 3.65. The first-order chi connectivity index (χ1) is 11.0. The van der Waals surface area contributed by atoms with Crippen molar-refractivity contribution in [3.63, 3.8) is 0 Å². The number of aromatic nitrogens is 2. The Balaban J connectivity index is 2.61. The van der Waals surface area contributed by atoms with Crippen LogP contribution in [0.2, 0.25) is 0 Å². The van der Waals surface area contributed by atoms with Gasteiger partial charge in [0.1, 0.15) is 5.75 Å². The number of nitrogens with two attached hydrogens (primary N) is 1. The summed E-state index contributed by atoms with van der Waals surface area (Å²) < 4.78 is 6.45. The first-order valence-electron chi connectivity index (χ1n) is 6.88. The third-order valence-electron chi connectivity index (χ3n) is 3.15. The minimum atomic E-state index is -0.537. The van der Waals surface area contributed by atoms with Gasteiger partial charge in [0.25, 0.3) is 5.56 Å². The van der Waals surface area contributed by atoms with Gasteiger partial charge >= 0.3 is 0 Å². The molecule has 0 fully saturated rings. The van der Waals surface area contributed by atoms with Crippen molar-refractivity contribution in [2.24, 2.45) is 5.73 Å². The van der Waals surface area contributed by atoms with E-state index in [0.29, 0.717) is 17.9 Å². The second-order valence-electron chi connectivity index (χ2n) is 4.64. The van der Waals surface area contributed by atoms with E-state index in [9.17, 15) is 14.7 Å². The topological polar surface area (TPSA) is 107 Å². The normalized spacial score (nSPS) is 10.5. The number of ether oxygens (including phenoxy) is 1. The molecule has 1 aromatic carbocycles. The summed E-state index contributed by atoms with van der Waals surface area (Å²) >= 11 is 0.994. The molecule has 1 heterocycles. The maximum absolute atomic E-state index is 12.6. The Morgan fingerprint density at radius 3 is 2.57 bits per heavy atom. The predicted molar refractivity (Wildman–Crippen MR) is 87.3 cm³/mol. The van der Waals surface area contributed by atoms with Crippen LogP contribution in [0, 0.1) is 0 Å². The molecule has 8 heteroatoms. The van der Waals surface area contributed by atoms with Crippen LogP contribution in [0.5, 0.6) is 11.6 Å². The lowest BCUT2D eigenvalue weighted by Crippen LogP contribution is -2.25. The highest BCUT2D eigenvalue weighted by Gasteiger charge is 2.17. The fourth-order valence-corrected chi connectivity index (χ4v) is 2.77. The van der Waals surface area contributed by atoms with Gasteiger partial charge in [0, 0.05) is 0 Å². The van der Waals surface area contributed by atoms with Crippen molar-refractivity contribution in [1.29, 1.82) is 0 Å². The number of carbonyl (C=O) groups is 1. The number of carbonyl (C=O) groups excluding carboxylic acids is 1. The van der Waals surface area contributed by atoms with Gasteiger partial charge in [-0.1, -0.05) is 18.7 Å². The Morgan fingerprint density at radius 1 is 1.39 bits per heavy atom. The molecular formula is C15H17N3O4S. The molecule has 122 valence electrons. The van der Waals surface area contributed by atoms with E-state index < -0.39 is 5.91 Å². The molecular weight excluding hydrogens is 318 g/mol. The fraction of sp³-hybridized carbons (Fsp3) is 0.267. The van der Waals surface area contributed by atoms with Gasteiger partial charge in [0.05, 0.1) is 24.1 Å². The number of amides is 1. The van der Waals surface area contributed by atoms with E-state index in [0.717, 1.165) is 11.8 Å². The Kier molecular flexibility index (Phi) is 5.28. The minimum absolute atomic E-state index is 0.0481. The van der Waals surface area contributed by atoms with Crippen LogP contribution in [-0.4, -0.2) is 33.4 Å². The highest BCUT2D eigenvalue weighted by atomic mass is 32.2. The van der Waals surface area contributed by atoms with E-state index >= 15 is 0 Å². The second-order valence-corrected chi connectivity index (χ2v) is 5.59. The summed E-state index contributed by atoms with van der Waals surface area (Å²) in [7, 11) is 1.55. The molecule has 0 saturated carbocycles. The lowest BCUT2D eigenvalue weighted by molar-refractivity contribution is -0.115. The molecule has 1 aromatic heterocycles. The standard InChI is InChI=1S/C15H17N3O4S/c1-3-11-13(20)17-15(23-8-12(16)19)18(14(11)21)9-4-6-10(22-2)7-5-9/h4-7,20H,3,8H2,1-2H3,(H2,16,19). The van der Waals surface area contributed by atoms with Crippen LogP contribution in [-0.2, 0) is 11.2 Å². The molecule has 0 spiro atoms. The van der Waals surface area contributed by atoms with Crippen molar-refractivity contribution in [2.75, 3.05) is 12.9 Å². The predicted octanol–water partition coefficient (Wildman–Crippen LogP) is 1.09. The molecule has 2 rings (SSSR count). The first kappa shape index (κ1) is 16.9. The van der Waals surface area contributed by atoms with Crippen molar-refractivity contribution in [3.8, 4) is 17.3 Å². The molecule has 23 heavy (non-hydrogen) atoms. The molecule has 3 N–H and O–H groups in total. The number of aromatic hydroxyl groups is 1. The van der Waals surface area contributed by atoms with E-state index in [-0.39, 0.29) is 27.9 Å². The summed E-state index contributed by atoms with van der Waals surface area (Å²) in [6.07, 6.45) is 0.342. The molecule has 0 aliphatic rings. The Bertz CT molecular complexity index is 772. The first-order valence-corrected chi connectivity index (χ1v) is 7.86. The van der Waals surface area contributed by atoms with Gasteiger partial charge in [-0.15, -0.1) is 0 Å². The number of hydrogen-bond donors (Lipinski definition) is 2. The van der Waals surface area contributed by atoms with Crippen molar-refractivity contribution in [2.45, 2.75) is 18.5 Å². The number of benzene rings is 1. The Labute approximate surface area is 137 Å². The number of methoxy groups -OCH3 is 1. The van der Waals surface area contributed by atoms with Crippen LogP contribution < -0.4 is 16.0 Å². The minimum Gasteiger partial charge on any atom is -0.497 e. The third-order valence-corrected chi connectivity index (χ3v) is 4.11. The molecule has 7 nitrogen and oxygen atoms in total. The van der Waals surface area contributed by atoms with Gasteiger partial charge in [-0.25, -0.2) is 0 Å². The van der Waals surface area contributed by atoms with Crippen molar-refractivity contribution >= 4 is 17.7 Å². The highest BCUT2D eigenvalue weighted by Crippen LogP contribution is 2.23. The van der Waals surface area contributed by atoms with Gasteiger partial charge in [0.2, 0.25) is 11.8 Å². The summed E-state index contributed by atoms with van der Waals surface area (Å²) in [5, 5.41) is 10.1.